The van der Waals surface area contributed by atoms with E-state index in [1.54, 1.807) is 12.1 Å². The third-order valence-electron chi connectivity index (χ3n) is 7.94. The van der Waals surface area contributed by atoms with E-state index in [0.717, 1.165) is 35.1 Å². The number of nitrogens with zero attached hydrogens (tertiary/aromatic N) is 2. The number of aryl methyl sites for hydroxylation is 2. The van der Waals surface area contributed by atoms with Crippen LogP contribution >= 0.6 is 0 Å². The number of likely N-dealkylation sites (N-methyl/N-ethyl adjacent to an activating group) is 1. The van der Waals surface area contributed by atoms with Gasteiger partial charge in [0.15, 0.2) is 0 Å². The fourth-order valence-corrected chi connectivity index (χ4v) is 5.69. The number of nitrogens with one attached hydrogen (secondary N) is 1. The van der Waals surface area contributed by atoms with E-state index in [1.807, 2.05) is 81.1 Å². The number of carbonyl (C=O) groups is 2. The predicted molar refractivity (Wildman–Crippen MR) is 157 cm³/mol. The van der Waals surface area contributed by atoms with Gasteiger partial charge in [-0.15, -0.1) is 0 Å². The molecule has 1 fully saturated rings. The van der Waals surface area contributed by atoms with Gasteiger partial charge in [0.1, 0.15) is 5.82 Å². The molecule has 2 amide bonds. The molecule has 1 aliphatic rings. The summed E-state index contributed by atoms with van der Waals surface area (Å²) in [6, 6.07) is 21.0. The molecule has 1 N–H and O–H groups in total. The number of hydrogen-bond donors (Lipinski definition) is 1. The highest BCUT2D eigenvalue weighted by molar-refractivity contribution is 5.92. The summed E-state index contributed by atoms with van der Waals surface area (Å²) in [5.41, 5.74) is 5.19. The summed E-state index contributed by atoms with van der Waals surface area (Å²) < 4.78 is 15.2. The molecular weight excluding hydrogens is 489 g/mol. The van der Waals surface area contributed by atoms with Crippen molar-refractivity contribution in [1.82, 2.24) is 4.90 Å². The van der Waals surface area contributed by atoms with Crippen LogP contribution in [-0.2, 0) is 16.0 Å². The fourth-order valence-electron chi connectivity index (χ4n) is 5.69. The van der Waals surface area contributed by atoms with Gasteiger partial charge >= 0.3 is 0 Å². The molecule has 39 heavy (non-hydrogen) atoms. The van der Waals surface area contributed by atoms with Gasteiger partial charge in [-0.05, 0) is 81.3 Å². The molecule has 1 atom stereocenters. The SMILES string of the molecule is CCN(CC)C(=O)C(c1ccccc1)C1CCN(c2ccc(NC(=O)Cc3cc(C)ccc3C)cc2F)CC1. The lowest BCUT2D eigenvalue weighted by atomic mass is 9.79. The Morgan fingerprint density at radius 3 is 2.31 bits per heavy atom. The van der Waals surface area contributed by atoms with Crippen LogP contribution in [-0.4, -0.2) is 42.9 Å². The van der Waals surface area contributed by atoms with E-state index < -0.39 is 0 Å². The van der Waals surface area contributed by atoms with Crippen molar-refractivity contribution in [1.29, 1.82) is 0 Å². The largest absolute Gasteiger partial charge is 0.369 e. The van der Waals surface area contributed by atoms with Gasteiger partial charge in [-0.1, -0.05) is 54.1 Å². The molecule has 0 radical (unpaired) electrons. The number of anilines is 2. The van der Waals surface area contributed by atoms with Crippen molar-refractivity contribution in [3.63, 3.8) is 0 Å². The van der Waals surface area contributed by atoms with Crippen LogP contribution in [0.1, 0.15) is 54.9 Å². The first kappa shape index (κ1) is 28.3. The van der Waals surface area contributed by atoms with Crippen molar-refractivity contribution < 1.29 is 14.0 Å². The summed E-state index contributed by atoms with van der Waals surface area (Å²) >= 11 is 0. The minimum atomic E-state index is -0.350. The molecular formula is C33H40FN3O2. The Morgan fingerprint density at radius 2 is 1.67 bits per heavy atom. The molecule has 0 aliphatic carbocycles. The second-order valence-electron chi connectivity index (χ2n) is 10.5. The summed E-state index contributed by atoms with van der Waals surface area (Å²) in [6.45, 7) is 10.8. The predicted octanol–water partition coefficient (Wildman–Crippen LogP) is 6.49. The van der Waals surface area contributed by atoms with Crippen LogP contribution in [0, 0.1) is 25.6 Å². The van der Waals surface area contributed by atoms with Gasteiger partial charge in [0, 0.05) is 31.9 Å². The lowest BCUT2D eigenvalue weighted by Gasteiger charge is -2.38. The van der Waals surface area contributed by atoms with Crippen molar-refractivity contribution in [2.75, 3.05) is 36.4 Å². The third kappa shape index (κ3) is 6.86. The third-order valence-corrected chi connectivity index (χ3v) is 7.94. The summed E-state index contributed by atoms with van der Waals surface area (Å²) in [4.78, 5) is 30.1. The summed E-state index contributed by atoms with van der Waals surface area (Å²) in [7, 11) is 0. The van der Waals surface area contributed by atoms with Crippen LogP contribution in [0.2, 0.25) is 0 Å². The topological polar surface area (TPSA) is 52.7 Å². The average Bonchev–Trinajstić information content (AvgIpc) is 2.93. The van der Waals surface area contributed by atoms with Crippen molar-refractivity contribution in [3.8, 4) is 0 Å². The Labute approximate surface area is 232 Å². The van der Waals surface area contributed by atoms with E-state index in [-0.39, 0.29) is 35.9 Å². The minimum absolute atomic E-state index is 0.165. The first-order valence-electron chi connectivity index (χ1n) is 14.0. The van der Waals surface area contributed by atoms with Gasteiger partial charge in [-0.2, -0.15) is 0 Å². The van der Waals surface area contributed by atoms with Crippen LogP contribution in [0.5, 0.6) is 0 Å². The van der Waals surface area contributed by atoms with E-state index >= 15 is 4.39 Å². The van der Waals surface area contributed by atoms with Crippen molar-refractivity contribution >= 4 is 23.2 Å². The zero-order chi connectivity index (χ0) is 27.9. The average molecular weight is 530 g/mol. The normalized spacial score (nSPS) is 14.6. The molecule has 4 rings (SSSR count). The highest BCUT2D eigenvalue weighted by atomic mass is 19.1. The smallest absolute Gasteiger partial charge is 0.230 e. The Bertz CT molecular complexity index is 1280. The summed E-state index contributed by atoms with van der Waals surface area (Å²) in [5, 5.41) is 2.84. The molecule has 5 nitrogen and oxygen atoms in total. The molecule has 6 heteroatoms. The second kappa shape index (κ2) is 12.9. The number of halogens is 1. The lowest BCUT2D eigenvalue weighted by Crippen LogP contribution is -2.42. The molecule has 206 valence electrons. The molecule has 1 aliphatic heterocycles. The number of benzene rings is 3. The van der Waals surface area contributed by atoms with E-state index in [0.29, 0.717) is 37.6 Å². The highest BCUT2D eigenvalue weighted by Gasteiger charge is 2.35. The van der Waals surface area contributed by atoms with E-state index in [9.17, 15) is 9.59 Å². The zero-order valence-corrected chi connectivity index (χ0v) is 23.5. The highest BCUT2D eigenvalue weighted by Crippen LogP contribution is 2.36. The maximum atomic E-state index is 15.2. The first-order chi connectivity index (χ1) is 18.8. The monoisotopic (exact) mass is 529 g/mol. The molecule has 1 saturated heterocycles. The van der Waals surface area contributed by atoms with E-state index in [2.05, 4.69) is 10.2 Å². The quantitative estimate of drug-likeness (QED) is 0.345. The summed E-state index contributed by atoms with van der Waals surface area (Å²) in [5.74, 6) is -0.328. The lowest BCUT2D eigenvalue weighted by molar-refractivity contribution is -0.134. The second-order valence-corrected chi connectivity index (χ2v) is 10.5. The fraction of sp³-hybridized carbons (Fsp3) is 0.394. The molecule has 1 unspecified atom stereocenters. The minimum Gasteiger partial charge on any atom is -0.369 e. The van der Waals surface area contributed by atoms with E-state index in [4.69, 9.17) is 0 Å². The molecule has 0 saturated carbocycles. The van der Waals surface area contributed by atoms with Crippen LogP contribution < -0.4 is 10.2 Å². The van der Waals surface area contributed by atoms with Gasteiger partial charge in [-0.3, -0.25) is 9.59 Å². The van der Waals surface area contributed by atoms with Gasteiger partial charge in [-0.25, -0.2) is 4.39 Å². The first-order valence-corrected chi connectivity index (χ1v) is 14.0. The molecule has 3 aromatic rings. The van der Waals surface area contributed by atoms with Crippen LogP contribution in [0.4, 0.5) is 15.8 Å². The van der Waals surface area contributed by atoms with Crippen LogP contribution in [0.25, 0.3) is 0 Å². The number of hydrogen-bond acceptors (Lipinski definition) is 3. The van der Waals surface area contributed by atoms with Gasteiger partial charge in [0.25, 0.3) is 0 Å². The summed E-state index contributed by atoms with van der Waals surface area (Å²) in [6.07, 6.45) is 1.86. The van der Waals surface area contributed by atoms with Gasteiger partial charge in [0.05, 0.1) is 18.0 Å². The van der Waals surface area contributed by atoms with E-state index in [1.165, 1.54) is 6.07 Å². The molecule has 1 heterocycles. The van der Waals surface area contributed by atoms with Crippen molar-refractivity contribution in [2.24, 2.45) is 5.92 Å². The maximum absolute atomic E-state index is 15.2. The van der Waals surface area contributed by atoms with Crippen LogP contribution in [0.15, 0.2) is 66.7 Å². The van der Waals surface area contributed by atoms with Crippen molar-refractivity contribution in [3.05, 3.63) is 94.8 Å². The van der Waals surface area contributed by atoms with Crippen LogP contribution in [0.3, 0.4) is 0 Å². The number of piperidine rings is 1. The Kier molecular flexibility index (Phi) is 9.39. The Morgan fingerprint density at radius 1 is 0.974 bits per heavy atom. The number of rotatable bonds is 9. The molecule has 0 aromatic heterocycles. The Hall–Kier alpha value is -3.67. The molecule has 0 spiro atoms. The molecule has 0 bridgehead atoms. The Balaban J connectivity index is 1.41. The maximum Gasteiger partial charge on any atom is 0.230 e. The number of amides is 2. The van der Waals surface area contributed by atoms with Crippen molar-refractivity contribution in [2.45, 2.75) is 52.9 Å². The van der Waals surface area contributed by atoms with Gasteiger partial charge in [0.2, 0.25) is 11.8 Å². The zero-order valence-electron chi connectivity index (χ0n) is 23.5. The standard InChI is InChI=1S/C33H40FN3O2/c1-5-36(6-2)33(39)32(25-10-8-7-9-11-25)26-16-18-37(19-17-26)30-15-14-28(22-29(30)34)35-31(38)21-27-20-23(3)12-13-24(27)4/h7-15,20,22,26,32H,5-6,16-19,21H2,1-4H3,(H,35,38). The number of carbonyl (C=O) groups excluding carboxylic acids is 2. The molecule has 3 aromatic carbocycles. The van der Waals surface area contributed by atoms with Gasteiger partial charge < -0.3 is 15.1 Å².